The molecule has 0 bridgehead atoms. The van der Waals surface area contributed by atoms with E-state index in [1.54, 1.807) is 0 Å². The predicted octanol–water partition coefficient (Wildman–Crippen LogP) is 3.72. The molecule has 4 heteroatoms. The Morgan fingerprint density at radius 1 is 1.10 bits per heavy atom. The van der Waals surface area contributed by atoms with E-state index < -0.39 is 0 Å². The zero-order chi connectivity index (χ0) is 13.9. The summed E-state index contributed by atoms with van der Waals surface area (Å²) in [5.41, 5.74) is 3.00. The molecule has 0 saturated heterocycles. The minimum atomic E-state index is 0.640. The predicted molar refractivity (Wildman–Crippen MR) is 81.6 cm³/mol. The average molecular weight is 267 g/mol. The first-order valence-corrected chi connectivity index (χ1v) is 6.70. The second kappa shape index (κ2) is 5.25. The molecule has 0 spiro atoms. The number of para-hydroxylation sites is 4. The quantitative estimate of drug-likeness (QED) is 0.783. The van der Waals surface area contributed by atoms with Crippen molar-refractivity contribution in [2.75, 3.05) is 11.9 Å². The fourth-order valence-corrected chi connectivity index (χ4v) is 2.23. The zero-order valence-corrected chi connectivity index (χ0v) is 11.6. The van der Waals surface area contributed by atoms with E-state index in [1.165, 1.54) is 0 Å². The molecular formula is C16H17N3O. The Labute approximate surface area is 118 Å². The van der Waals surface area contributed by atoms with Gasteiger partial charge in [0.1, 0.15) is 5.75 Å². The number of aryl methyl sites for hydroxylation is 1. The van der Waals surface area contributed by atoms with Crippen LogP contribution in [-0.4, -0.2) is 16.2 Å². The van der Waals surface area contributed by atoms with Crippen LogP contribution in [0.3, 0.4) is 0 Å². The minimum absolute atomic E-state index is 0.640. The van der Waals surface area contributed by atoms with Crippen molar-refractivity contribution in [2.24, 2.45) is 7.05 Å². The topological polar surface area (TPSA) is 39.1 Å². The van der Waals surface area contributed by atoms with Gasteiger partial charge in [-0.25, -0.2) is 4.98 Å². The lowest BCUT2D eigenvalue weighted by Crippen LogP contribution is -2.02. The summed E-state index contributed by atoms with van der Waals surface area (Å²) in [6.45, 7) is 2.62. The van der Waals surface area contributed by atoms with Gasteiger partial charge in [0.2, 0.25) is 5.95 Å². The summed E-state index contributed by atoms with van der Waals surface area (Å²) in [5.74, 6) is 1.64. The molecule has 1 aromatic heterocycles. The first-order chi connectivity index (χ1) is 9.79. The van der Waals surface area contributed by atoms with Crippen molar-refractivity contribution in [3.8, 4) is 5.75 Å². The van der Waals surface area contributed by atoms with Crippen LogP contribution in [0.1, 0.15) is 6.92 Å². The molecule has 1 N–H and O–H groups in total. The zero-order valence-electron chi connectivity index (χ0n) is 11.6. The summed E-state index contributed by atoms with van der Waals surface area (Å²) in [4.78, 5) is 4.61. The Balaban J connectivity index is 1.99. The van der Waals surface area contributed by atoms with Crippen LogP contribution in [0.2, 0.25) is 0 Å². The first-order valence-electron chi connectivity index (χ1n) is 6.70. The summed E-state index contributed by atoms with van der Waals surface area (Å²) in [6, 6.07) is 16.0. The molecule has 1 heterocycles. The third-order valence-corrected chi connectivity index (χ3v) is 3.22. The summed E-state index contributed by atoms with van der Waals surface area (Å²) in [7, 11) is 2.00. The van der Waals surface area contributed by atoms with Crippen LogP contribution in [0.15, 0.2) is 48.5 Å². The molecule has 102 valence electrons. The lowest BCUT2D eigenvalue weighted by atomic mass is 10.3. The molecule has 0 aliphatic carbocycles. The van der Waals surface area contributed by atoms with Crippen molar-refractivity contribution in [3.63, 3.8) is 0 Å². The van der Waals surface area contributed by atoms with E-state index in [0.29, 0.717) is 6.61 Å². The van der Waals surface area contributed by atoms with Crippen molar-refractivity contribution >= 4 is 22.7 Å². The third-order valence-electron chi connectivity index (χ3n) is 3.22. The maximum Gasteiger partial charge on any atom is 0.208 e. The number of fused-ring (bicyclic) bond motifs is 1. The van der Waals surface area contributed by atoms with Crippen LogP contribution in [0.5, 0.6) is 5.75 Å². The summed E-state index contributed by atoms with van der Waals surface area (Å²) >= 11 is 0. The second-order valence-electron chi connectivity index (χ2n) is 4.54. The van der Waals surface area contributed by atoms with E-state index in [1.807, 2.05) is 61.0 Å². The van der Waals surface area contributed by atoms with Crippen LogP contribution < -0.4 is 10.1 Å². The van der Waals surface area contributed by atoms with E-state index in [0.717, 1.165) is 28.4 Å². The smallest absolute Gasteiger partial charge is 0.208 e. The van der Waals surface area contributed by atoms with Gasteiger partial charge in [0.05, 0.1) is 23.3 Å². The number of nitrogens with one attached hydrogen (secondary N) is 1. The van der Waals surface area contributed by atoms with Gasteiger partial charge in [-0.05, 0) is 31.2 Å². The van der Waals surface area contributed by atoms with Gasteiger partial charge in [0.15, 0.2) is 0 Å². The molecule has 4 nitrogen and oxygen atoms in total. The number of imidazole rings is 1. The summed E-state index contributed by atoms with van der Waals surface area (Å²) in [5, 5.41) is 3.34. The number of rotatable bonds is 4. The Morgan fingerprint density at radius 2 is 1.85 bits per heavy atom. The maximum atomic E-state index is 5.62. The van der Waals surface area contributed by atoms with Gasteiger partial charge in [-0.3, -0.25) is 0 Å². The van der Waals surface area contributed by atoms with E-state index >= 15 is 0 Å². The standard InChI is InChI=1S/C16H17N3O/c1-3-20-15-11-7-5-9-13(15)18-16-17-12-8-4-6-10-14(12)19(16)2/h4-11H,3H2,1-2H3,(H,17,18). The second-order valence-corrected chi connectivity index (χ2v) is 4.54. The van der Waals surface area contributed by atoms with Crippen LogP contribution in [0.4, 0.5) is 11.6 Å². The lowest BCUT2D eigenvalue weighted by Gasteiger charge is -2.11. The van der Waals surface area contributed by atoms with Crippen LogP contribution >= 0.6 is 0 Å². The molecule has 0 fully saturated rings. The van der Waals surface area contributed by atoms with E-state index in [-0.39, 0.29) is 0 Å². The number of hydrogen-bond donors (Lipinski definition) is 1. The number of hydrogen-bond acceptors (Lipinski definition) is 3. The van der Waals surface area contributed by atoms with Gasteiger partial charge < -0.3 is 14.6 Å². The molecule has 0 saturated carbocycles. The van der Waals surface area contributed by atoms with Crippen molar-refractivity contribution in [3.05, 3.63) is 48.5 Å². The van der Waals surface area contributed by atoms with Gasteiger partial charge in [-0.15, -0.1) is 0 Å². The molecule has 0 amide bonds. The van der Waals surface area contributed by atoms with Crippen molar-refractivity contribution in [2.45, 2.75) is 6.92 Å². The highest BCUT2D eigenvalue weighted by Gasteiger charge is 2.09. The fraction of sp³-hybridized carbons (Fsp3) is 0.188. The molecule has 0 aliphatic rings. The van der Waals surface area contributed by atoms with Crippen molar-refractivity contribution in [1.29, 1.82) is 0 Å². The molecule has 3 rings (SSSR count). The van der Waals surface area contributed by atoms with E-state index in [4.69, 9.17) is 4.74 Å². The molecule has 0 atom stereocenters. The van der Waals surface area contributed by atoms with E-state index in [2.05, 4.69) is 16.4 Å². The lowest BCUT2D eigenvalue weighted by molar-refractivity contribution is 0.342. The highest BCUT2D eigenvalue weighted by atomic mass is 16.5. The molecule has 2 aromatic carbocycles. The largest absolute Gasteiger partial charge is 0.492 e. The number of nitrogens with zero attached hydrogens (tertiary/aromatic N) is 2. The fourth-order valence-electron chi connectivity index (χ4n) is 2.23. The highest BCUT2D eigenvalue weighted by Crippen LogP contribution is 2.28. The molecule has 3 aromatic rings. The van der Waals surface area contributed by atoms with Gasteiger partial charge in [0, 0.05) is 7.05 Å². The van der Waals surface area contributed by atoms with Gasteiger partial charge in [-0.1, -0.05) is 24.3 Å². The molecular weight excluding hydrogens is 250 g/mol. The van der Waals surface area contributed by atoms with Crippen LogP contribution in [0, 0.1) is 0 Å². The van der Waals surface area contributed by atoms with Gasteiger partial charge >= 0.3 is 0 Å². The van der Waals surface area contributed by atoms with Crippen LogP contribution in [-0.2, 0) is 7.05 Å². The molecule has 0 unspecified atom stereocenters. The Morgan fingerprint density at radius 3 is 2.65 bits per heavy atom. The summed E-state index contributed by atoms with van der Waals surface area (Å²) in [6.07, 6.45) is 0. The Bertz CT molecular complexity index is 733. The summed E-state index contributed by atoms with van der Waals surface area (Å²) < 4.78 is 7.66. The van der Waals surface area contributed by atoms with Gasteiger partial charge in [0.25, 0.3) is 0 Å². The highest BCUT2D eigenvalue weighted by molar-refractivity contribution is 5.80. The maximum absolute atomic E-state index is 5.62. The SMILES string of the molecule is CCOc1ccccc1Nc1nc2ccccc2n1C. The normalized spacial score (nSPS) is 10.7. The minimum Gasteiger partial charge on any atom is -0.492 e. The average Bonchev–Trinajstić information content (AvgIpc) is 2.79. The number of ether oxygens (including phenoxy) is 1. The van der Waals surface area contributed by atoms with Gasteiger partial charge in [-0.2, -0.15) is 0 Å². The number of aromatic nitrogens is 2. The number of anilines is 2. The van der Waals surface area contributed by atoms with Crippen molar-refractivity contribution in [1.82, 2.24) is 9.55 Å². The molecule has 20 heavy (non-hydrogen) atoms. The van der Waals surface area contributed by atoms with E-state index in [9.17, 15) is 0 Å². The Hall–Kier alpha value is -2.49. The molecule has 0 aliphatic heterocycles. The first kappa shape index (κ1) is 12.5. The third kappa shape index (κ3) is 2.20. The van der Waals surface area contributed by atoms with Crippen LogP contribution in [0.25, 0.3) is 11.0 Å². The monoisotopic (exact) mass is 267 g/mol. The van der Waals surface area contributed by atoms with Crippen molar-refractivity contribution < 1.29 is 4.74 Å². The Kier molecular flexibility index (Phi) is 3.29. The molecule has 0 radical (unpaired) electrons. The number of benzene rings is 2.